The van der Waals surface area contributed by atoms with Crippen molar-refractivity contribution in [2.24, 2.45) is 10.3 Å². The van der Waals surface area contributed by atoms with Crippen LogP contribution in [0.2, 0.25) is 0 Å². The average Bonchev–Trinajstić information content (AvgIpc) is 3.39. The van der Waals surface area contributed by atoms with Crippen LogP contribution < -0.4 is 0 Å². The third kappa shape index (κ3) is 10.4. The topological polar surface area (TPSA) is 61.6 Å². The van der Waals surface area contributed by atoms with E-state index >= 15 is 0 Å². The lowest BCUT2D eigenvalue weighted by atomic mass is 10.2. The van der Waals surface area contributed by atoms with Gasteiger partial charge < -0.3 is 28.1 Å². The van der Waals surface area contributed by atoms with E-state index in [-0.39, 0.29) is 0 Å². The first-order valence-corrected chi connectivity index (χ1v) is 10.6. The zero-order valence-electron chi connectivity index (χ0n) is 18.9. The van der Waals surface area contributed by atoms with E-state index in [2.05, 4.69) is 62.2 Å². The zero-order chi connectivity index (χ0) is 21.7. The molecule has 2 aliphatic heterocycles. The number of unbranched alkanes of at least 4 members (excludes halogenated alkanes) is 1. The summed E-state index contributed by atoms with van der Waals surface area (Å²) in [5.74, 6) is 13.9. The number of hydrogen-bond acceptors (Lipinski definition) is 6. The Morgan fingerprint density at radius 2 is 1.17 bits per heavy atom. The van der Waals surface area contributed by atoms with Crippen LogP contribution in [0.4, 0.5) is 0 Å². The maximum absolute atomic E-state index is 5.44. The van der Waals surface area contributed by atoms with Crippen LogP contribution in [0.3, 0.4) is 0 Å². The van der Waals surface area contributed by atoms with Gasteiger partial charge in [-0.1, -0.05) is 22.2 Å². The van der Waals surface area contributed by atoms with Crippen molar-refractivity contribution < 1.29 is 28.1 Å². The molecule has 8 heteroatoms. The molecule has 0 aromatic rings. The molecule has 2 rings (SSSR count). The molecule has 0 saturated heterocycles. The minimum absolute atomic E-state index is 0.377. The summed E-state index contributed by atoms with van der Waals surface area (Å²) in [6.07, 6.45) is 3.81. The van der Waals surface area contributed by atoms with Crippen molar-refractivity contribution in [3.63, 3.8) is 0 Å². The molecule has 0 spiro atoms. The van der Waals surface area contributed by atoms with Gasteiger partial charge in [-0.15, -0.1) is 0 Å². The number of ether oxygens (including phenoxy) is 2. The van der Waals surface area contributed by atoms with E-state index in [1.165, 1.54) is 0 Å². The van der Waals surface area contributed by atoms with E-state index in [9.17, 15) is 0 Å². The summed E-state index contributed by atoms with van der Waals surface area (Å²) in [7, 11) is 8.87. The minimum Gasteiger partial charge on any atom is -0.465 e. The van der Waals surface area contributed by atoms with Crippen molar-refractivity contribution >= 4 is 11.8 Å². The second-order valence-electron chi connectivity index (χ2n) is 8.76. The summed E-state index contributed by atoms with van der Waals surface area (Å²) < 4.78 is 12.6. The van der Waals surface area contributed by atoms with Crippen molar-refractivity contribution in [2.75, 3.05) is 80.8 Å². The number of nitrogens with zero attached hydrogens (tertiary/aromatic N) is 4. The Bertz CT molecular complexity index is 661. The van der Waals surface area contributed by atoms with Crippen LogP contribution in [0.5, 0.6) is 0 Å². The molecule has 0 amide bonds. The van der Waals surface area contributed by atoms with Crippen molar-refractivity contribution in [1.29, 1.82) is 0 Å². The fraction of sp³-hybridized carbons (Fsp3) is 0.727. The lowest BCUT2D eigenvalue weighted by molar-refractivity contribution is -0.889. The number of oxime groups is 2. The molecule has 2 aliphatic rings. The first kappa shape index (κ1) is 23.9. The van der Waals surface area contributed by atoms with Gasteiger partial charge in [0, 0.05) is 12.8 Å². The number of hydrogen-bond donors (Lipinski definition) is 0. The van der Waals surface area contributed by atoms with Gasteiger partial charge in [0.05, 0.1) is 54.1 Å². The quantitative estimate of drug-likeness (QED) is 0.322. The Morgan fingerprint density at radius 3 is 1.53 bits per heavy atom. The third-order valence-corrected chi connectivity index (χ3v) is 4.81. The van der Waals surface area contributed by atoms with Crippen LogP contribution in [0.15, 0.2) is 10.3 Å². The highest BCUT2D eigenvalue weighted by atomic mass is 16.7. The van der Waals surface area contributed by atoms with Crippen molar-refractivity contribution in [2.45, 2.75) is 25.7 Å². The van der Waals surface area contributed by atoms with Crippen LogP contribution in [0.25, 0.3) is 0 Å². The Morgan fingerprint density at radius 1 is 0.733 bits per heavy atom. The largest absolute Gasteiger partial charge is 0.465 e. The van der Waals surface area contributed by atoms with Crippen LogP contribution in [-0.2, 0) is 19.1 Å². The molecule has 0 aromatic carbocycles. The molecule has 0 fully saturated rings. The van der Waals surface area contributed by atoms with Gasteiger partial charge in [-0.3, -0.25) is 0 Å². The van der Waals surface area contributed by atoms with Crippen molar-refractivity contribution in [3.05, 3.63) is 0 Å². The molecule has 0 unspecified atom stereocenters. The summed E-state index contributed by atoms with van der Waals surface area (Å²) in [5, 5.41) is 7.59. The highest BCUT2D eigenvalue weighted by Gasteiger charge is 2.16. The molecular formula is C22H36N4O4+2. The second kappa shape index (κ2) is 12.3. The average molecular weight is 421 g/mol. The van der Waals surface area contributed by atoms with Gasteiger partial charge in [0.1, 0.15) is 26.3 Å². The Kier molecular flexibility index (Phi) is 9.79. The summed E-state index contributed by atoms with van der Waals surface area (Å²) >= 11 is 0. The molecule has 8 nitrogen and oxygen atoms in total. The van der Waals surface area contributed by atoms with Gasteiger partial charge in [-0.2, -0.15) is 0 Å². The molecule has 0 N–H and O–H groups in total. The Labute approximate surface area is 180 Å². The fourth-order valence-electron chi connectivity index (χ4n) is 2.91. The fourth-order valence-corrected chi connectivity index (χ4v) is 2.91. The lowest BCUT2D eigenvalue weighted by Gasteiger charge is -2.30. The lowest BCUT2D eigenvalue weighted by Crippen LogP contribution is -2.43. The number of rotatable bonds is 9. The maximum atomic E-state index is 5.44. The van der Waals surface area contributed by atoms with E-state index < -0.39 is 0 Å². The zero-order valence-corrected chi connectivity index (χ0v) is 18.9. The first-order chi connectivity index (χ1) is 14.4. The van der Waals surface area contributed by atoms with Crippen molar-refractivity contribution in [1.82, 2.24) is 0 Å². The van der Waals surface area contributed by atoms with Gasteiger partial charge >= 0.3 is 0 Å². The van der Waals surface area contributed by atoms with Gasteiger partial charge in [-0.05, 0) is 11.8 Å². The highest BCUT2D eigenvalue weighted by molar-refractivity contribution is 5.77. The highest BCUT2D eigenvalue weighted by Crippen LogP contribution is 2.06. The SMILES string of the molecule is C[N+](C)(CC#CCOC1=NOCC1)CCCC[N+](C)(C)CC#CCOC1=NOCC1. The predicted molar refractivity (Wildman–Crippen MR) is 116 cm³/mol. The summed E-state index contributed by atoms with van der Waals surface area (Å²) in [4.78, 5) is 9.78. The Hall–Kier alpha value is -2.42. The van der Waals surface area contributed by atoms with E-state index in [1.54, 1.807) is 0 Å². The Balaban J connectivity index is 1.54. The molecule has 0 bridgehead atoms. The maximum Gasteiger partial charge on any atom is 0.230 e. The van der Waals surface area contributed by atoms with E-state index in [1.807, 2.05) is 0 Å². The molecule has 0 radical (unpaired) electrons. The van der Waals surface area contributed by atoms with Crippen molar-refractivity contribution in [3.8, 4) is 23.7 Å². The molecule has 30 heavy (non-hydrogen) atoms. The van der Waals surface area contributed by atoms with E-state index in [4.69, 9.17) is 19.1 Å². The second-order valence-corrected chi connectivity index (χ2v) is 8.76. The molecular weight excluding hydrogens is 384 g/mol. The monoisotopic (exact) mass is 420 g/mol. The first-order valence-electron chi connectivity index (χ1n) is 10.6. The van der Waals surface area contributed by atoms with Crippen LogP contribution in [0, 0.1) is 23.7 Å². The standard InChI is InChI=1S/C22H36N4O4/c1-25(2,15-7-9-17-27-21-11-19-29-23-21)13-5-6-14-26(3,4)16-8-10-18-28-22-12-20-30-24-22/h5-6,11-20H2,1-4H3/q+2. The van der Waals surface area contributed by atoms with Gasteiger partial charge in [0.2, 0.25) is 11.8 Å². The van der Waals surface area contributed by atoms with Gasteiger partial charge in [-0.25, -0.2) is 0 Å². The third-order valence-electron chi connectivity index (χ3n) is 4.81. The molecule has 0 saturated carbocycles. The van der Waals surface area contributed by atoms with Crippen LogP contribution in [-0.4, -0.2) is 102 Å². The molecule has 166 valence electrons. The molecule has 2 heterocycles. The van der Waals surface area contributed by atoms with E-state index in [0.717, 1.165) is 60.8 Å². The van der Waals surface area contributed by atoms with Gasteiger partial charge in [0.25, 0.3) is 0 Å². The summed E-state index contributed by atoms with van der Waals surface area (Å²) in [5.41, 5.74) is 0. The summed E-state index contributed by atoms with van der Waals surface area (Å²) in [6.45, 7) is 5.78. The minimum atomic E-state index is 0.377. The van der Waals surface area contributed by atoms with Gasteiger partial charge in [0.15, 0.2) is 13.2 Å². The predicted octanol–water partition coefficient (Wildman–Crippen LogP) is 1.43. The molecule has 0 aliphatic carbocycles. The normalized spacial score (nSPS) is 15.6. The van der Waals surface area contributed by atoms with Crippen LogP contribution >= 0.6 is 0 Å². The van der Waals surface area contributed by atoms with Crippen LogP contribution in [0.1, 0.15) is 25.7 Å². The van der Waals surface area contributed by atoms with E-state index in [0.29, 0.717) is 38.2 Å². The molecule has 0 atom stereocenters. The number of quaternary nitrogens is 2. The smallest absolute Gasteiger partial charge is 0.230 e. The molecule has 0 aromatic heterocycles. The summed E-state index contributed by atoms with van der Waals surface area (Å²) in [6, 6.07) is 0.